The average molecular weight is 307 g/mol. The van der Waals surface area contributed by atoms with Gasteiger partial charge in [-0.1, -0.05) is 11.3 Å². The van der Waals surface area contributed by atoms with Gasteiger partial charge >= 0.3 is 6.18 Å². The van der Waals surface area contributed by atoms with Gasteiger partial charge in [-0.25, -0.2) is 10.8 Å². The first-order valence-corrected chi connectivity index (χ1v) is 6.55. The lowest BCUT2D eigenvalue weighted by molar-refractivity contribution is -0.137. The Kier molecular flexibility index (Phi) is 3.92. The molecule has 0 unspecified atom stereocenters. The number of pyridine rings is 1. The molecule has 10 heteroatoms. The van der Waals surface area contributed by atoms with Crippen molar-refractivity contribution >= 4 is 28.9 Å². The Morgan fingerprint density at radius 3 is 2.58 bits per heavy atom. The van der Waals surface area contributed by atoms with E-state index < -0.39 is 11.7 Å². The number of hydrogen-bond acceptors (Lipinski definition) is 7. The minimum absolute atomic E-state index is 0.0569. The highest BCUT2D eigenvalue weighted by molar-refractivity contribution is 8.01. The van der Waals surface area contributed by atoms with E-state index in [1.54, 1.807) is 6.92 Å². The number of aromatic nitrogens is 3. The van der Waals surface area contributed by atoms with Gasteiger partial charge in [-0.15, -0.1) is 10.2 Å². The highest BCUT2D eigenvalue weighted by Gasteiger charge is 2.31. The van der Waals surface area contributed by atoms with Crippen molar-refractivity contribution in [3.63, 3.8) is 0 Å². The molecule has 0 radical (unpaired) electrons. The quantitative estimate of drug-likeness (QED) is 0.670. The van der Waals surface area contributed by atoms with Gasteiger partial charge in [0.1, 0.15) is 15.9 Å². The SMILES string of the molecule is Cc1nnc(Sc2cc(C(F)(F)F)cc(NN)n2)s1. The number of nitrogen functional groups attached to an aromatic ring is 1. The molecule has 0 saturated carbocycles. The van der Waals surface area contributed by atoms with Crippen LogP contribution < -0.4 is 11.3 Å². The second kappa shape index (κ2) is 5.31. The van der Waals surface area contributed by atoms with Crippen molar-refractivity contribution in [1.82, 2.24) is 15.2 Å². The largest absolute Gasteiger partial charge is 0.416 e. The van der Waals surface area contributed by atoms with Crippen LogP contribution in [0.1, 0.15) is 10.6 Å². The maximum Gasteiger partial charge on any atom is 0.416 e. The number of nitrogens with zero attached hydrogens (tertiary/aromatic N) is 3. The summed E-state index contributed by atoms with van der Waals surface area (Å²) in [4.78, 5) is 3.94. The number of anilines is 1. The van der Waals surface area contributed by atoms with Gasteiger partial charge in [0.05, 0.1) is 5.56 Å². The van der Waals surface area contributed by atoms with E-state index in [0.29, 0.717) is 4.34 Å². The fourth-order valence-corrected chi connectivity index (χ4v) is 3.00. The molecule has 0 atom stereocenters. The van der Waals surface area contributed by atoms with Crippen LogP contribution in [-0.4, -0.2) is 15.2 Å². The molecule has 2 rings (SSSR count). The van der Waals surface area contributed by atoms with E-state index in [9.17, 15) is 13.2 Å². The summed E-state index contributed by atoms with van der Waals surface area (Å²) in [7, 11) is 0. The van der Waals surface area contributed by atoms with Crippen LogP contribution in [0.5, 0.6) is 0 Å². The summed E-state index contributed by atoms with van der Waals surface area (Å²) < 4.78 is 38.6. The molecular formula is C9H8F3N5S2. The van der Waals surface area contributed by atoms with Crippen LogP contribution in [0.3, 0.4) is 0 Å². The van der Waals surface area contributed by atoms with E-state index in [1.165, 1.54) is 11.3 Å². The molecule has 102 valence electrons. The molecule has 0 aliphatic heterocycles. The molecule has 3 N–H and O–H groups in total. The van der Waals surface area contributed by atoms with Crippen LogP contribution >= 0.6 is 23.1 Å². The molecule has 0 amide bonds. The molecule has 19 heavy (non-hydrogen) atoms. The van der Waals surface area contributed by atoms with Crippen LogP contribution in [0.2, 0.25) is 0 Å². The normalized spacial score (nSPS) is 11.6. The number of hydrogen-bond donors (Lipinski definition) is 2. The minimum Gasteiger partial charge on any atom is -0.308 e. The summed E-state index contributed by atoms with van der Waals surface area (Å²) in [5.74, 6) is 5.06. The summed E-state index contributed by atoms with van der Waals surface area (Å²) in [6.45, 7) is 1.76. The highest BCUT2D eigenvalue weighted by atomic mass is 32.2. The van der Waals surface area contributed by atoms with E-state index in [1.807, 2.05) is 0 Å². The summed E-state index contributed by atoms with van der Waals surface area (Å²) >= 11 is 2.28. The third-order valence-corrected chi connectivity index (χ3v) is 3.78. The zero-order valence-corrected chi connectivity index (χ0v) is 11.2. The number of nitrogens with one attached hydrogen (secondary N) is 1. The monoisotopic (exact) mass is 307 g/mol. The van der Waals surface area contributed by atoms with Crippen molar-refractivity contribution in [3.05, 3.63) is 22.7 Å². The first-order valence-electron chi connectivity index (χ1n) is 4.92. The second-order valence-electron chi connectivity index (χ2n) is 3.41. The van der Waals surface area contributed by atoms with E-state index in [0.717, 1.165) is 28.9 Å². The van der Waals surface area contributed by atoms with Gasteiger partial charge in [-0.05, 0) is 30.8 Å². The second-order valence-corrected chi connectivity index (χ2v) is 5.86. The van der Waals surface area contributed by atoms with Crippen LogP contribution in [0.25, 0.3) is 0 Å². The number of halogens is 3. The van der Waals surface area contributed by atoms with Gasteiger partial charge in [-0.3, -0.25) is 0 Å². The lowest BCUT2D eigenvalue weighted by Gasteiger charge is -2.10. The molecule has 5 nitrogen and oxygen atoms in total. The predicted molar refractivity (Wildman–Crippen MR) is 65.8 cm³/mol. The smallest absolute Gasteiger partial charge is 0.308 e. The Morgan fingerprint density at radius 2 is 2.05 bits per heavy atom. The van der Waals surface area contributed by atoms with Crippen molar-refractivity contribution in [2.24, 2.45) is 5.84 Å². The van der Waals surface area contributed by atoms with Crippen LogP contribution in [0.15, 0.2) is 21.5 Å². The summed E-state index contributed by atoms with van der Waals surface area (Å²) in [5, 5.41) is 8.48. The molecule has 0 saturated heterocycles. The maximum atomic E-state index is 12.7. The number of nitrogens with two attached hydrogens (primary N) is 1. The summed E-state index contributed by atoms with van der Waals surface area (Å²) in [6, 6.07) is 1.79. The number of alkyl halides is 3. The number of rotatable bonds is 3. The van der Waals surface area contributed by atoms with Crippen molar-refractivity contribution in [3.8, 4) is 0 Å². The molecule has 0 aliphatic carbocycles. The fourth-order valence-electron chi connectivity index (χ4n) is 1.20. The van der Waals surface area contributed by atoms with Crippen LogP contribution in [0.4, 0.5) is 19.0 Å². The zero-order valence-electron chi connectivity index (χ0n) is 9.52. The van der Waals surface area contributed by atoms with Crippen LogP contribution in [-0.2, 0) is 6.18 Å². The number of hydrazine groups is 1. The van der Waals surface area contributed by atoms with Gasteiger partial charge in [0, 0.05) is 0 Å². The van der Waals surface area contributed by atoms with Gasteiger partial charge in [0.2, 0.25) is 0 Å². The highest BCUT2D eigenvalue weighted by Crippen LogP contribution is 2.35. The molecule has 2 aromatic heterocycles. The minimum atomic E-state index is -4.46. The Morgan fingerprint density at radius 1 is 1.32 bits per heavy atom. The van der Waals surface area contributed by atoms with Gasteiger partial charge in [-0.2, -0.15) is 13.2 Å². The van der Waals surface area contributed by atoms with Crippen molar-refractivity contribution in [1.29, 1.82) is 0 Å². The molecule has 0 spiro atoms. The van der Waals surface area contributed by atoms with E-state index in [-0.39, 0.29) is 10.8 Å². The zero-order chi connectivity index (χ0) is 14.0. The third-order valence-electron chi connectivity index (χ3n) is 1.98. The first-order chi connectivity index (χ1) is 8.88. The summed E-state index contributed by atoms with van der Waals surface area (Å²) in [5.41, 5.74) is 1.29. The topological polar surface area (TPSA) is 76.7 Å². The van der Waals surface area contributed by atoms with Gasteiger partial charge in [0.15, 0.2) is 4.34 Å². The Labute approximate surface area is 114 Å². The Bertz CT molecular complexity index is 583. The third kappa shape index (κ3) is 3.55. The van der Waals surface area contributed by atoms with Crippen molar-refractivity contribution in [2.75, 3.05) is 5.43 Å². The maximum absolute atomic E-state index is 12.7. The molecule has 0 fully saturated rings. The molecule has 0 aromatic carbocycles. The van der Waals surface area contributed by atoms with Crippen molar-refractivity contribution < 1.29 is 13.2 Å². The Hall–Kier alpha value is -1.39. The van der Waals surface area contributed by atoms with E-state index >= 15 is 0 Å². The fraction of sp³-hybridized carbons (Fsp3) is 0.222. The van der Waals surface area contributed by atoms with Gasteiger partial charge < -0.3 is 5.43 Å². The molecule has 0 bridgehead atoms. The van der Waals surface area contributed by atoms with Crippen LogP contribution in [0, 0.1) is 6.92 Å². The molecule has 0 aliphatic rings. The first kappa shape index (κ1) is 14.0. The predicted octanol–water partition coefficient (Wildman–Crippen LogP) is 2.70. The molecule has 2 aromatic rings. The van der Waals surface area contributed by atoms with Crippen molar-refractivity contribution in [2.45, 2.75) is 22.5 Å². The number of aryl methyl sites for hydroxylation is 1. The average Bonchev–Trinajstić information content (AvgIpc) is 2.73. The lowest BCUT2D eigenvalue weighted by Crippen LogP contribution is -2.12. The van der Waals surface area contributed by atoms with E-state index in [2.05, 4.69) is 20.6 Å². The van der Waals surface area contributed by atoms with E-state index in [4.69, 9.17) is 5.84 Å². The van der Waals surface area contributed by atoms with Gasteiger partial charge in [0.25, 0.3) is 0 Å². The Balaban J connectivity index is 2.34. The molecular weight excluding hydrogens is 299 g/mol. The summed E-state index contributed by atoms with van der Waals surface area (Å²) in [6.07, 6.45) is -4.46. The standard InChI is InChI=1S/C9H8F3N5S2/c1-4-16-17-8(18-4)19-7-3-5(9(10,11)12)2-6(14-7)15-13/h2-3H,13H2,1H3,(H,14,15). The lowest BCUT2D eigenvalue weighted by atomic mass is 10.2. The molecule has 2 heterocycles.